The van der Waals surface area contributed by atoms with E-state index in [0.717, 1.165) is 9.75 Å². The summed E-state index contributed by atoms with van der Waals surface area (Å²) in [5.41, 5.74) is 1.06. The Kier molecular flexibility index (Phi) is 4.94. The van der Waals surface area contributed by atoms with Crippen molar-refractivity contribution in [2.75, 3.05) is 18.5 Å². The smallest absolute Gasteiger partial charge is 0.340 e. The summed E-state index contributed by atoms with van der Waals surface area (Å²) in [6, 6.07) is 6.91. The highest BCUT2D eigenvalue weighted by molar-refractivity contribution is 7.12. The average molecular weight is 361 g/mol. The van der Waals surface area contributed by atoms with Crippen LogP contribution in [-0.2, 0) is 9.53 Å². The van der Waals surface area contributed by atoms with Crippen LogP contribution in [0.15, 0.2) is 24.3 Å². The number of nitrogens with one attached hydrogen (secondary N) is 1. The maximum Gasteiger partial charge on any atom is 0.340 e. The number of benzene rings is 1. The highest BCUT2D eigenvalue weighted by Crippen LogP contribution is 2.32. The molecule has 1 amide bonds. The summed E-state index contributed by atoms with van der Waals surface area (Å²) in [7, 11) is 0. The SMILES string of the molecule is Cc1cc(C(=O)OC(C)C(=O)Nc2ccc3c(c2)OCCO3)c(C)s1. The number of esters is 1. The first-order chi connectivity index (χ1) is 11.9. The Morgan fingerprint density at radius 1 is 1.16 bits per heavy atom. The van der Waals surface area contributed by atoms with E-state index in [2.05, 4.69) is 5.32 Å². The molecule has 1 aromatic heterocycles. The zero-order chi connectivity index (χ0) is 18.0. The Balaban J connectivity index is 1.62. The first kappa shape index (κ1) is 17.3. The van der Waals surface area contributed by atoms with E-state index in [1.54, 1.807) is 31.2 Å². The van der Waals surface area contributed by atoms with Gasteiger partial charge in [-0.2, -0.15) is 0 Å². The number of hydrogen-bond donors (Lipinski definition) is 1. The summed E-state index contributed by atoms with van der Waals surface area (Å²) in [5, 5.41) is 2.72. The van der Waals surface area contributed by atoms with E-state index in [1.807, 2.05) is 13.8 Å². The largest absolute Gasteiger partial charge is 0.486 e. The van der Waals surface area contributed by atoms with Crippen molar-refractivity contribution in [1.82, 2.24) is 0 Å². The van der Waals surface area contributed by atoms with Crippen molar-refractivity contribution >= 4 is 28.9 Å². The molecule has 1 unspecified atom stereocenters. The first-order valence-electron chi connectivity index (χ1n) is 7.92. The van der Waals surface area contributed by atoms with Crippen LogP contribution >= 0.6 is 11.3 Å². The van der Waals surface area contributed by atoms with Crippen LogP contribution in [0, 0.1) is 13.8 Å². The van der Waals surface area contributed by atoms with Gasteiger partial charge in [-0.15, -0.1) is 11.3 Å². The predicted octanol–water partition coefficient (Wildman–Crippen LogP) is 3.32. The standard InChI is InChI=1S/C18H19NO5S/c1-10-8-14(12(3)25-10)18(21)24-11(2)17(20)19-13-4-5-15-16(9-13)23-7-6-22-15/h4-5,8-9,11H,6-7H2,1-3H3,(H,19,20). The van der Waals surface area contributed by atoms with Crippen molar-refractivity contribution in [1.29, 1.82) is 0 Å². The van der Waals surface area contributed by atoms with E-state index in [-0.39, 0.29) is 0 Å². The van der Waals surface area contributed by atoms with Gasteiger partial charge in [0, 0.05) is 21.5 Å². The third-order valence-corrected chi connectivity index (χ3v) is 4.69. The fraction of sp³-hybridized carbons (Fsp3) is 0.333. The first-order valence-corrected chi connectivity index (χ1v) is 8.74. The summed E-state index contributed by atoms with van der Waals surface area (Å²) in [6.07, 6.45) is -0.916. The summed E-state index contributed by atoms with van der Waals surface area (Å²) in [4.78, 5) is 26.4. The minimum atomic E-state index is -0.916. The Labute approximate surface area is 149 Å². The van der Waals surface area contributed by atoms with Crippen LogP contribution in [-0.4, -0.2) is 31.2 Å². The molecule has 6 nitrogen and oxygen atoms in total. The topological polar surface area (TPSA) is 73.9 Å². The maximum atomic E-state index is 12.3. The number of aryl methyl sites for hydroxylation is 2. The van der Waals surface area contributed by atoms with Gasteiger partial charge in [-0.05, 0) is 39.0 Å². The monoisotopic (exact) mass is 361 g/mol. The van der Waals surface area contributed by atoms with Crippen LogP contribution in [0.1, 0.15) is 27.0 Å². The fourth-order valence-electron chi connectivity index (χ4n) is 2.48. The maximum absolute atomic E-state index is 12.3. The lowest BCUT2D eigenvalue weighted by molar-refractivity contribution is -0.123. The molecule has 0 aliphatic carbocycles. The van der Waals surface area contributed by atoms with E-state index < -0.39 is 18.0 Å². The van der Waals surface area contributed by atoms with Gasteiger partial charge in [-0.3, -0.25) is 4.79 Å². The Hall–Kier alpha value is -2.54. The molecule has 3 rings (SSSR count). The molecule has 1 aromatic carbocycles. The second-order valence-corrected chi connectivity index (χ2v) is 7.18. The normalized spacial score (nSPS) is 13.9. The van der Waals surface area contributed by atoms with Gasteiger partial charge in [-0.25, -0.2) is 4.79 Å². The lowest BCUT2D eigenvalue weighted by atomic mass is 10.2. The summed E-state index contributed by atoms with van der Waals surface area (Å²) >= 11 is 1.52. The number of anilines is 1. The number of ether oxygens (including phenoxy) is 3. The van der Waals surface area contributed by atoms with Gasteiger partial charge >= 0.3 is 5.97 Å². The van der Waals surface area contributed by atoms with Crippen LogP contribution < -0.4 is 14.8 Å². The van der Waals surface area contributed by atoms with Crippen molar-refractivity contribution in [3.05, 3.63) is 39.6 Å². The predicted molar refractivity (Wildman–Crippen MR) is 94.7 cm³/mol. The van der Waals surface area contributed by atoms with Crippen LogP contribution in [0.3, 0.4) is 0 Å². The van der Waals surface area contributed by atoms with Gasteiger partial charge in [0.2, 0.25) is 0 Å². The zero-order valence-electron chi connectivity index (χ0n) is 14.3. The number of thiophene rings is 1. The number of carbonyl (C=O) groups is 2. The molecule has 132 valence electrons. The molecule has 0 saturated heterocycles. The van der Waals surface area contributed by atoms with Gasteiger partial charge in [0.1, 0.15) is 13.2 Å². The number of rotatable bonds is 4. The zero-order valence-corrected chi connectivity index (χ0v) is 15.1. The van der Waals surface area contributed by atoms with E-state index in [0.29, 0.717) is 36.0 Å². The lowest BCUT2D eigenvalue weighted by Crippen LogP contribution is -2.30. The molecular weight excluding hydrogens is 342 g/mol. The van der Waals surface area contributed by atoms with E-state index in [9.17, 15) is 9.59 Å². The van der Waals surface area contributed by atoms with Crippen LogP contribution in [0.2, 0.25) is 0 Å². The molecule has 25 heavy (non-hydrogen) atoms. The second kappa shape index (κ2) is 7.14. The van der Waals surface area contributed by atoms with Crippen LogP contribution in [0.25, 0.3) is 0 Å². The van der Waals surface area contributed by atoms with Crippen molar-refractivity contribution in [2.45, 2.75) is 26.9 Å². The summed E-state index contributed by atoms with van der Waals surface area (Å²) in [6.45, 7) is 6.30. The molecule has 0 spiro atoms. The van der Waals surface area contributed by atoms with Crippen molar-refractivity contribution in [2.24, 2.45) is 0 Å². The molecule has 2 aromatic rings. The summed E-state index contributed by atoms with van der Waals surface area (Å²) in [5.74, 6) is 0.325. The molecule has 2 heterocycles. The molecule has 0 fully saturated rings. The van der Waals surface area contributed by atoms with Gasteiger partial charge < -0.3 is 19.5 Å². The fourth-order valence-corrected chi connectivity index (χ4v) is 3.39. The van der Waals surface area contributed by atoms with Crippen LogP contribution in [0.5, 0.6) is 11.5 Å². The molecule has 1 aliphatic rings. The highest BCUT2D eigenvalue weighted by atomic mass is 32.1. The quantitative estimate of drug-likeness (QED) is 0.846. The Morgan fingerprint density at radius 2 is 1.88 bits per heavy atom. The molecular formula is C18H19NO5S. The van der Waals surface area contributed by atoms with Crippen LogP contribution in [0.4, 0.5) is 5.69 Å². The van der Waals surface area contributed by atoms with E-state index in [1.165, 1.54) is 11.3 Å². The van der Waals surface area contributed by atoms with Crippen molar-refractivity contribution in [3.8, 4) is 11.5 Å². The van der Waals surface area contributed by atoms with Crippen molar-refractivity contribution < 1.29 is 23.8 Å². The lowest BCUT2D eigenvalue weighted by Gasteiger charge is -2.19. The highest BCUT2D eigenvalue weighted by Gasteiger charge is 2.22. The molecule has 1 atom stereocenters. The molecule has 0 radical (unpaired) electrons. The number of hydrogen-bond acceptors (Lipinski definition) is 6. The molecule has 0 saturated carbocycles. The van der Waals surface area contributed by atoms with Gasteiger partial charge in [-0.1, -0.05) is 0 Å². The molecule has 1 aliphatic heterocycles. The molecule has 0 bridgehead atoms. The Morgan fingerprint density at radius 3 is 2.56 bits per heavy atom. The van der Waals surface area contributed by atoms with Crippen molar-refractivity contribution in [3.63, 3.8) is 0 Å². The number of amides is 1. The van der Waals surface area contributed by atoms with Gasteiger partial charge in [0.15, 0.2) is 17.6 Å². The minimum Gasteiger partial charge on any atom is -0.486 e. The average Bonchev–Trinajstić information content (AvgIpc) is 2.93. The van der Waals surface area contributed by atoms with Gasteiger partial charge in [0.05, 0.1) is 5.56 Å². The van der Waals surface area contributed by atoms with E-state index in [4.69, 9.17) is 14.2 Å². The number of carbonyl (C=O) groups excluding carboxylic acids is 2. The summed E-state index contributed by atoms with van der Waals surface area (Å²) < 4.78 is 16.2. The number of fused-ring (bicyclic) bond motifs is 1. The Bertz CT molecular complexity index is 814. The molecule has 7 heteroatoms. The van der Waals surface area contributed by atoms with E-state index >= 15 is 0 Å². The van der Waals surface area contributed by atoms with Gasteiger partial charge in [0.25, 0.3) is 5.91 Å². The third kappa shape index (κ3) is 3.93. The second-order valence-electron chi connectivity index (χ2n) is 5.72. The minimum absolute atomic E-state index is 0.408. The molecule has 1 N–H and O–H groups in total. The third-order valence-electron chi connectivity index (χ3n) is 3.72.